The summed E-state index contributed by atoms with van der Waals surface area (Å²) in [6.07, 6.45) is 5.59. The van der Waals surface area contributed by atoms with Gasteiger partial charge in [-0.15, -0.1) is 10.2 Å². The van der Waals surface area contributed by atoms with Crippen LogP contribution in [0.3, 0.4) is 0 Å². The molecule has 0 radical (unpaired) electrons. The minimum absolute atomic E-state index is 0.0787. The van der Waals surface area contributed by atoms with Gasteiger partial charge in [0.2, 0.25) is 11.0 Å². The number of nitrogens with zero attached hydrogens (tertiary/aromatic N) is 3. The fourth-order valence-electron chi connectivity index (χ4n) is 3.09. The summed E-state index contributed by atoms with van der Waals surface area (Å²) in [6.45, 7) is 0.516. The lowest BCUT2D eigenvalue weighted by molar-refractivity contribution is -0.132. The van der Waals surface area contributed by atoms with Crippen LogP contribution < -0.4 is 5.73 Å². The second-order valence-corrected chi connectivity index (χ2v) is 8.37. The van der Waals surface area contributed by atoms with Gasteiger partial charge in [0.1, 0.15) is 5.82 Å². The molecule has 2 aromatic rings. The van der Waals surface area contributed by atoms with E-state index in [0.29, 0.717) is 21.8 Å². The molecule has 3 rings (SSSR count). The van der Waals surface area contributed by atoms with Gasteiger partial charge in [-0.3, -0.25) is 4.79 Å². The number of hydrogen-bond acceptors (Lipinski definition) is 6. The zero-order valence-electron chi connectivity index (χ0n) is 13.9. The van der Waals surface area contributed by atoms with Crippen LogP contribution in [0.2, 0.25) is 0 Å². The summed E-state index contributed by atoms with van der Waals surface area (Å²) < 4.78 is 13.8. The van der Waals surface area contributed by atoms with Crippen LogP contribution in [0.1, 0.15) is 37.7 Å². The smallest absolute Gasteiger partial charge is 0.233 e. The van der Waals surface area contributed by atoms with E-state index in [0.717, 1.165) is 31.2 Å². The molecule has 0 bridgehead atoms. The van der Waals surface area contributed by atoms with Crippen molar-refractivity contribution in [1.82, 2.24) is 15.1 Å². The normalized spacial score (nSPS) is 15.2. The molecule has 1 aromatic carbocycles. The standard InChI is InChI=1S/C17H21FN4OS2/c18-13-8-6-12(7-9-13)10-22(14-4-2-1-3-5-14)15(23)11-24-17-21-20-16(19)25-17/h6-9,14H,1-5,10-11H2,(H2,19,20). The third kappa shape index (κ3) is 5.15. The summed E-state index contributed by atoms with van der Waals surface area (Å²) >= 11 is 2.66. The third-order valence-corrected chi connectivity index (χ3v) is 6.21. The van der Waals surface area contributed by atoms with E-state index in [1.165, 1.54) is 41.7 Å². The number of rotatable bonds is 6. The number of nitrogens with two attached hydrogens (primary N) is 1. The maximum absolute atomic E-state index is 13.1. The van der Waals surface area contributed by atoms with Crippen molar-refractivity contribution in [3.8, 4) is 0 Å². The van der Waals surface area contributed by atoms with Crippen LogP contribution in [0, 0.1) is 5.82 Å². The monoisotopic (exact) mass is 380 g/mol. The number of carbonyl (C=O) groups excluding carboxylic acids is 1. The van der Waals surface area contributed by atoms with Gasteiger partial charge in [-0.1, -0.05) is 54.5 Å². The van der Waals surface area contributed by atoms with Crippen LogP contribution >= 0.6 is 23.1 Å². The summed E-state index contributed by atoms with van der Waals surface area (Å²) in [5.74, 6) is 0.130. The molecule has 1 saturated carbocycles. The van der Waals surface area contributed by atoms with Gasteiger partial charge in [0.25, 0.3) is 0 Å². The fraction of sp³-hybridized carbons (Fsp3) is 0.471. The Morgan fingerprint density at radius 3 is 2.60 bits per heavy atom. The van der Waals surface area contributed by atoms with E-state index in [1.807, 2.05) is 4.90 Å². The predicted molar refractivity (Wildman–Crippen MR) is 98.9 cm³/mol. The van der Waals surface area contributed by atoms with Crippen molar-refractivity contribution >= 4 is 34.1 Å². The maximum atomic E-state index is 13.1. The highest BCUT2D eigenvalue weighted by Crippen LogP contribution is 2.27. The highest BCUT2D eigenvalue weighted by atomic mass is 32.2. The van der Waals surface area contributed by atoms with E-state index in [9.17, 15) is 9.18 Å². The molecule has 25 heavy (non-hydrogen) atoms. The average Bonchev–Trinajstić information content (AvgIpc) is 3.05. The van der Waals surface area contributed by atoms with Gasteiger partial charge in [-0.05, 0) is 30.5 Å². The van der Waals surface area contributed by atoms with Gasteiger partial charge in [0, 0.05) is 12.6 Å². The van der Waals surface area contributed by atoms with Crippen molar-refractivity contribution < 1.29 is 9.18 Å². The molecule has 2 N–H and O–H groups in total. The quantitative estimate of drug-likeness (QED) is 0.774. The van der Waals surface area contributed by atoms with Crippen molar-refractivity contribution in [3.05, 3.63) is 35.6 Å². The lowest BCUT2D eigenvalue weighted by Gasteiger charge is -2.34. The molecule has 134 valence electrons. The van der Waals surface area contributed by atoms with Gasteiger partial charge in [-0.25, -0.2) is 4.39 Å². The molecule has 8 heteroatoms. The van der Waals surface area contributed by atoms with Gasteiger partial charge >= 0.3 is 0 Å². The largest absolute Gasteiger partial charge is 0.374 e. The maximum Gasteiger partial charge on any atom is 0.233 e. The summed E-state index contributed by atoms with van der Waals surface area (Å²) in [5.41, 5.74) is 6.53. The van der Waals surface area contributed by atoms with E-state index >= 15 is 0 Å². The van der Waals surface area contributed by atoms with Gasteiger partial charge in [0.05, 0.1) is 5.75 Å². The second kappa shape index (κ2) is 8.62. The summed E-state index contributed by atoms with van der Waals surface area (Å²) in [4.78, 5) is 14.8. The number of halogens is 1. The Labute approximate surface area is 154 Å². The molecule has 1 amide bonds. The highest BCUT2D eigenvalue weighted by Gasteiger charge is 2.25. The number of amides is 1. The van der Waals surface area contributed by atoms with Crippen LogP contribution in [0.25, 0.3) is 0 Å². The summed E-state index contributed by atoms with van der Waals surface area (Å²) in [7, 11) is 0. The Morgan fingerprint density at radius 1 is 1.24 bits per heavy atom. The molecule has 1 heterocycles. The number of benzene rings is 1. The molecule has 1 aromatic heterocycles. The Morgan fingerprint density at radius 2 is 1.96 bits per heavy atom. The predicted octanol–water partition coefficient (Wildman–Crippen LogP) is 3.71. The topological polar surface area (TPSA) is 72.1 Å². The third-order valence-electron chi connectivity index (χ3n) is 4.34. The first-order chi connectivity index (χ1) is 12.1. The van der Waals surface area contributed by atoms with Gasteiger partial charge in [-0.2, -0.15) is 0 Å². The van der Waals surface area contributed by atoms with Crippen LogP contribution in [0.5, 0.6) is 0 Å². The number of nitrogen functional groups attached to an aromatic ring is 1. The number of hydrogen-bond donors (Lipinski definition) is 1. The van der Waals surface area contributed by atoms with Gasteiger partial charge < -0.3 is 10.6 Å². The molecular formula is C17H21FN4OS2. The highest BCUT2D eigenvalue weighted by molar-refractivity contribution is 8.01. The number of thioether (sulfide) groups is 1. The lowest BCUT2D eigenvalue weighted by atomic mass is 9.94. The molecule has 0 saturated heterocycles. The van der Waals surface area contributed by atoms with Crippen LogP contribution in [0.15, 0.2) is 28.6 Å². The van der Waals surface area contributed by atoms with Gasteiger partial charge in [0.15, 0.2) is 4.34 Å². The Hall–Kier alpha value is -1.67. The van der Waals surface area contributed by atoms with Crippen LogP contribution in [-0.4, -0.2) is 32.8 Å². The Balaban J connectivity index is 1.67. The van der Waals surface area contributed by atoms with E-state index < -0.39 is 0 Å². The zero-order valence-corrected chi connectivity index (χ0v) is 15.5. The Kier molecular flexibility index (Phi) is 6.25. The minimum atomic E-state index is -0.260. The van der Waals surface area contributed by atoms with E-state index in [1.54, 1.807) is 12.1 Å². The van der Waals surface area contributed by atoms with Crippen molar-refractivity contribution in [3.63, 3.8) is 0 Å². The van der Waals surface area contributed by atoms with E-state index in [-0.39, 0.29) is 17.8 Å². The van der Waals surface area contributed by atoms with Crippen molar-refractivity contribution in [1.29, 1.82) is 0 Å². The van der Waals surface area contributed by atoms with Crippen LogP contribution in [-0.2, 0) is 11.3 Å². The summed E-state index contributed by atoms with van der Waals surface area (Å²) in [6, 6.07) is 6.63. The lowest BCUT2D eigenvalue weighted by Crippen LogP contribution is -2.41. The molecular weight excluding hydrogens is 359 g/mol. The van der Waals surface area contributed by atoms with Crippen molar-refractivity contribution in [2.45, 2.75) is 49.0 Å². The number of carbonyl (C=O) groups is 1. The van der Waals surface area contributed by atoms with E-state index in [4.69, 9.17) is 5.73 Å². The fourth-order valence-corrected chi connectivity index (χ4v) is 4.61. The molecule has 0 unspecified atom stereocenters. The minimum Gasteiger partial charge on any atom is -0.374 e. The molecule has 0 atom stereocenters. The molecule has 0 spiro atoms. The molecule has 1 aliphatic rings. The van der Waals surface area contributed by atoms with Crippen LogP contribution in [0.4, 0.5) is 9.52 Å². The zero-order chi connectivity index (χ0) is 17.6. The first kappa shape index (κ1) is 18.1. The van der Waals surface area contributed by atoms with Crippen molar-refractivity contribution in [2.24, 2.45) is 0 Å². The first-order valence-electron chi connectivity index (χ1n) is 8.37. The molecule has 1 fully saturated rings. The molecule has 1 aliphatic carbocycles. The SMILES string of the molecule is Nc1nnc(SCC(=O)N(Cc2ccc(F)cc2)C2CCCCC2)s1. The number of aromatic nitrogens is 2. The average molecular weight is 381 g/mol. The second-order valence-electron chi connectivity index (χ2n) is 6.13. The Bertz CT molecular complexity index is 701. The van der Waals surface area contributed by atoms with Crippen molar-refractivity contribution in [2.75, 3.05) is 11.5 Å². The van der Waals surface area contributed by atoms with E-state index in [2.05, 4.69) is 10.2 Å². The first-order valence-corrected chi connectivity index (χ1v) is 10.2. The molecule has 5 nitrogen and oxygen atoms in total. The number of anilines is 1. The molecule has 0 aliphatic heterocycles. The summed E-state index contributed by atoms with van der Waals surface area (Å²) in [5, 5.41) is 8.13.